The number of carbonyl (C=O) groups excluding carboxylic acids is 1. The molecule has 0 saturated carbocycles. The van der Waals surface area contributed by atoms with Crippen LogP contribution in [0, 0.1) is 0 Å². The number of fused-ring (bicyclic) bond motifs is 2. The van der Waals surface area contributed by atoms with Crippen molar-refractivity contribution in [3.63, 3.8) is 0 Å². The first-order valence-corrected chi connectivity index (χ1v) is 18.6. The van der Waals surface area contributed by atoms with Gasteiger partial charge in [0.05, 0.1) is 6.16 Å². The summed E-state index contributed by atoms with van der Waals surface area (Å²) in [5.74, 6) is 1.52. The van der Waals surface area contributed by atoms with Gasteiger partial charge in [-0.2, -0.15) is 0 Å². The Morgan fingerprint density at radius 1 is 0.625 bits per heavy atom. The lowest BCUT2D eigenvalue weighted by Gasteiger charge is -2.29. The Kier molecular flexibility index (Phi) is 8.73. The standard InChI is InChI=1S/C44H40NO2P/c1-44(2,3)39-28-27-32(31-48(33-17-7-4-8-18-33,34-19-9-5-10-20-34)35-21-11-6-12-22-35)29-40(39)45-43(46)30-38-36-23-13-15-25-41(36)47-42-26-16-14-24-37(38)42/h4-29,38H,30-31H2,1-3H3/p+1. The van der Waals surface area contributed by atoms with Crippen LogP contribution in [0.4, 0.5) is 5.69 Å². The van der Waals surface area contributed by atoms with E-state index in [4.69, 9.17) is 4.74 Å². The molecule has 6 aromatic rings. The molecule has 0 unspecified atom stereocenters. The number of para-hydroxylation sites is 2. The molecule has 1 heterocycles. The lowest BCUT2D eigenvalue weighted by atomic mass is 9.84. The molecule has 0 bridgehead atoms. The molecule has 238 valence electrons. The second-order valence-corrected chi connectivity index (χ2v) is 17.1. The predicted molar refractivity (Wildman–Crippen MR) is 202 cm³/mol. The van der Waals surface area contributed by atoms with Gasteiger partial charge in [-0.15, -0.1) is 0 Å². The maximum absolute atomic E-state index is 14.1. The van der Waals surface area contributed by atoms with Gasteiger partial charge < -0.3 is 10.1 Å². The number of benzene rings is 6. The van der Waals surface area contributed by atoms with Crippen molar-refractivity contribution in [1.82, 2.24) is 0 Å². The number of rotatable bonds is 8. The lowest BCUT2D eigenvalue weighted by Crippen LogP contribution is -2.32. The number of hydrogen-bond donors (Lipinski definition) is 1. The fourth-order valence-corrected chi connectivity index (χ4v) is 11.3. The topological polar surface area (TPSA) is 38.3 Å². The van der Waals surface area contributed by atoms with Crippen molar-refractivity contribution >= 4 is 34.8 Å². The molecule has 0 radical (unpaired) electrons. The van der Waals surface area contributed by atoms with Crippen molar-refractivity contribution in [3.8, 4) is 11.5 Å². The molecule has 7 rings (SSSR count). The number of anilines is 1. The van der Waals surface area contributed by atoms with Crippen LogP contribution < -0.4 is 26.0 Å². The first-order chi connectivity index (χ1) is 23.3. The molecule has 6 aromatic carbocycles. The Balaban J connectivity index is 1.28. The van der Waals surface area contributed by atoms with E-state index in [-0.39, 0.29) is 17.2 Å². The molecule has 0 saturated heterocycles. The molecule has 3 nitrogen and oxygen atoms in total. The van der Waals surface area contributed by atoms with Crippen molar-refractivity contribution in [1.29, 1.82) is 0 Å². The predicted octanol–water partition coefficient (Wildman–Crippen LogP) is 9.74. The quantitative estimate of drug-likeness (QED) is 0.167. The van der Waals surface area contributed by atoms with E-state index < -0.39 is 7.26 Å². The molecule has 0 spiro atoms. The second kappa shape index (κ2) is 13.3. The zero-order valence-corrected chi connectivity index (χ0v) is 28.7. The lowest BCUT2D eigenvalue weighted by molar-refractivity contribution is -0.116. The van der Waals surface area contributed by atoms with Crippen LogP contribution in [-0.4, -0.2) is 5.91 Å². The Hall–Kier alpha value is -4.98. The Bertz CT molecular complexity index is 1890. The molecule has 1 aliphatic rings. The van der Waals surface area contributed by atoms with Crippen molar-refractivity contribution in [2.75, 3.05) is 5.32 Å². The minimum atomic E-state index is -2.11. The largest absolute Gasteiger partial charge is 0.457 e. The van der Waals surface area contributed by atoms with Gasteiger partial charge in [0.25, 0.3) is 0 Å². The molecular weight excluding hydrogens is 605 g/mol. The molecule has 48 heavy (non-hydrogen) atoms. The molecule has 1 aliphatic heterocycles. The van der Waals surface area contributed by atoms with Gasteiger partial charge in [0.2, 0.25) is 5.91 Å². The highest BCUT2D eigenvalue weighted by molar-refractivity contribution is 7.95. The average molecular weight is 647 g/mol. The molecule has 0 aromatic heterocycles. The summed E-state index contributed by atoms with van der Waals surface area (Å²) in [5.41, 5.74) is 5.12. The third-order valence-electron chi connectivity index (χ3n) is 9.38. The normalized spacial score (nSPS) is 12.8. The molecular formula is C44H41NO2P+. The fraction of sp³-hybridized carbons (Fsp3) is 0.159. The van der Waals surface area contributed by atoms with Gasteiger partial charge in [0.1, 0.15) is 34.7 Å². The van der Waals surface area contributed by atoms with Crippen molar-refractivity contribution in [2.45, 2.75) is 44.7 Å². The van der Waals surface area contributed by atoms with Gasteiger partial charge in [0.15, 0.2) is 0 Å². The van der Waals surface area contributed by atoms with E-state index >= 15 is 0 Å². The highest BCUT2D eigenvalue weighted by Gasteiger charge is 2.45. The number of hydrogen-bond acceptors (Lipinski definition) is 2. The van der Waals surface area contributed by atoms with Crippen molar-refractivity contribution < 1.29 is 9.53 Å². The van der Waals surface area contributed by atoms with Crippen LogP contribution in [-0.2, 0) is 16.4 Å². The zero-order chi connectivity index (χ0) is 33.1. The van der Waals surface area contributed by atoms with Gasteiger partial charge in [0, 0.05) is 29.2 Å². The van der Waals surface area contributed by atoms with Gasteiger partial charge in [-0.05, 0) is 71.1 Å². The third-order valence-corrected chi connectivity index (χ3v) is 13.8. The van der Waals surface area contributed by atoms with Crippen LogP contribution in [0.3, 0.4) is 0 Å². The maximum Gasteiger partial charge on any atom is 0.225 e. The minimum absolute atomic E-state index is 0.00982. The number of amides is 1. The van der Waals surface area contributed by atoms with Crippen LogP contribution in [0.25, 0.3) is 0 Å². The zero-order valence-electron chi connectivity index (χ0n) is 27.8. The SMILES string of the molecule is CC(C)(C)c1ccc(C[P+](c2ccccc2)(c2ccccc2)c2ccccc2)cc1NC(=O)CC1c2ccccc2Oc2ccccc21. The summed E-state index contributed by atoms with van der Waals surface area (Å²) in [6.07, 6.45) is 1.15. The highest BCUT2D eigenvalue weighted by Crippen LogP contribution is 2.58. The maximum atomic E-state index is 14.1. The average Bonchev–Trinajstić information content (AvgIpc) is 3.11. The number of carbonyl (C=O) groups is 1. The molecule has 4 heteroatoms. The van der Waals surface area contributed by atoms with E-state index in [1.165, 1.54) is 21.5 Å². The van der Waals surface area contributed by atoms with E-state index in [0.717, 1.165) is 40.0 Å². The van der Waals surface area contributed by atoms with Gasteiger partial charge >= 0.3 is 0 Å². The van der Waals surface area contributed by atoms with Gasteiger partial charge in [-0.25, -0.2) is 0 Å². The number of nitrogens with one attached hydrogen (secondary N) is 1. The van der Waals surface area contributed by atoms with Crippen LogP contribution >= 0.6 is 7.26 Å². The Morgan fingerprint density at radius 2 is 1.08 bits per heavy atom. The summed E-state index contributed by atoms with van der Waals surface area (Å²) in [7, 11) is -2.11. The Morgan fingerprint density at radius 3 is 1.56 bits per heavy atom. The first-order valence-electron chi connectivity index (χ1n) is 16.7. The van der Waals surface area contributed by atoms with Crippen LogP contribution in [0.5, 0.6) is 11.5 Å². The van der Waals surface area contributed by atoms with Gasteiger partial charge in [-0.3, -0.25) is 4.79 Å². The highest BCUT2D eigenvalue weighted by atomic mass is 31.2. The number of ether oxygens (including phenoxy) is 1. The van der Waals surface area contributed by atoms with Gasteiger partial charge in [-0.1, -0.05) is 124 Å². The van der Waals surface area contributed by atoms with E-state index in [9.17, 15) is 4.79 Å². The monoisotopic (exact) mass is 646 g/mol. The smallest absolute Gasteiger partial charge is 0.225 e. The molecule has 0 aliphatic carbocycles. The van der Waals surface area contributed by atoms with E-state index in [0.29, 0.717) is 6.42 Å². The molecule has 0 atom stereocenters. The summed E-state index contributed by atoms with van der Waals surface area (Å²) in [4.78, 5) is 14.1. The van der Waals surface area contributed by atoms with E-state index in [1.807, 2.05) is 36.4 Å². The summed E-state index contributed by atoms with van der Waals surface area (Å²) >= 11 is 0. The third kappa shape index (κ3) is 6.19. The first kappa shape index (κ1) is 31.6. The second-order valence-electron chi connectivity index (χ2n) is 13.6. The molecule has 1 N–H and O–H groups in total. The fourth-order valence-electron chi connectivity index (χ4n) is 7.10. The molecule has 0 fully saturated rings. The van der Waals surface area contributed by atoms with E-state index in [1.54, 1.807) is 0 Å². The van der Waals surface area contributed by atoms with Crippen LogP contribution in [0.15, 0.2) is 158 Å². The van der Waals surface area contributed by atoms with Crippen LogP contribution in [0.2, 0.25) is 0 Å². The van der Waals surface area contributed by atoms with Crippen LogP contribution in [0.1, 0.15) is 55.4 Å². The van der Waals surface area contributed by atoms with Crippen molar-refractivity contribution in [2.24, 2.45) is 0 Å². The summed E-state index contributed by atoms with van der Waals surface area (Å²) in [6.45, 7) is 6.62. The minimum Gasteiger partial charge on any atom is -0.457 e. The summed E-state index contributed by atoms with van der Waals surface area (Å²) in [6, 6.07) is 55.7. The summed E-state index contributed by atoms with van der Waals surface area (Å²) < 4.78 is 6.21. The van der Waals surface area contributed by atoms with Crippen molar-refractivity contribution in [3.05, 3.63) is 180 Å². The molecule has 1 amide bonds. The Labute approximate surface area is 285 Å². The summed E-state index contributed by atoms with van der Waals surface area (Å²) in [5, 5.41) is 7.42. The van der Waals surface area contributed by atoms with E-state index in [2.05, 4.69) is 147 Å².